The summed E-state index contributed by atoms with van der Waals surface area (Å²) in [5, 5.41) is 17.3. The molecular weight excluding hydrogens is 851 g/mol. The molecule has 5 heterocycles. The van der Waals surface area contributed by atoms with Crippen LogP contribution >= 0.6 is 0 Å². The largest absolute Gasteiger partial charge is 0.389 e. The van der Waals surface area contributed by atoms with Crippen LogP contribution in [0.25, 0.3) is 22.2 Å². The fourth-order valence-electron chi connectivity index (χ4n) is 8.44. The number of pyridine rings is 1. The van der Waals surface area contributed by atoms with Crippen LogP contribution in [0.1, 0.15) is 79.3 Å². The Morgan fingerprint density at radius 3 is 2.31 bits per heavy atom. The second kappa shape index (κ2) is 18.0. The predicted molar refractivity (Wildman–Crippen MR) is 234 cm³/mol. The molecular formula is C44H48F2N10O7S. The summed E-state index contributed by atoms with van der Waals surface area (Å²) < 4.78 is 58.7. The summed E-state index contributed by atoms with van der Waals surface area (Å²) in [6.07, 6.45) is 9.27. The van der Waals surface area contributed by atoms with Crippen molar-refractivity contribution in [1.29, 1.82) is 0 Å². The summed E-state index contributed by atoms with van der Waals surface area (Å²) in [4.78, 5) is 70.7. The third-order valence-corrected chi connectivity index (χ3v) is 14.0. The summed E-state index contributed by atoms with van der Waals surface area (Å²) in [6, 6.07) is 10.8. The Morgan fingerprint density at radius 2 is 1.64 bits per heavy atom. The normalized spacial score (nSPS) is 20.7. The second-order valence-electron chi connectivity index (χ2n) is 16.5. The molecule has 1 saturated carbocycles. The number of aromatic amines is 1. The molecule has 2 saturated heterocycles. The Hall–Kier alpha value is -6.38. The number of anilines is 3. The van der Waals surface area contributed by atoms with E-state index in [0.717, 1.165) is 40.5 Å². The Kier molecular flexibility index (Phi) is 12.4. The average molecular weight is 899 g/mol. The molecule has 2 aliphatic heterocycles. The zero-order chi connectivity index (χ0) is 45.3. The van der Waals surface area contributed by atoms with Crippen LogP contribution in [0.4, 0.5) is 26.1 Å². The highest BCUT2D eigenvalue weighted by Gasteiger charge is 2.38. The van der Waals surface area contributed by atoms with Gasteiger partial charge in [0.25, 0.3) is 0 Å². The number of piperidine rings is 1. The minimum atomic E-state index is -4.16. The molecule has 3 amide bonds. The molecule has 336 valence electrons. The first kappa shape index (κ1) is 44.2. The molecule has 0 bridgehead atoms. The molecule has 64 heavy (non-hydrogen) atoms. The average Bonchev–Trinajstić information content (AvgIpc) is 3.72. The first-order valence-corrected chi connectivity index (χ1v) is 22.6. The van der Waals surface area contributed by atoms with Gasteiger partial charge in [-0.3, -0.25) is 29.2 Å². The monoisotopic (exact) mass is 898 g/mol. The van der Waals surface area contributed by atoms with Crippen molar-refractivity contribution in [2.75, 3.05) is 54.7 Å². The van der Waals surface area contributed by atoms with Crippen molar-refractivity contribution in [2.45, 2.75) is 69.4 Å². The number of nitrogens with zero attached hydrogens (tertiary/aromatic N) is 6. The zero-order valence-electron chi connectivity index (χ0n) is 35.2. The molecule has 3 aromatic heterocycles. The molecule has 0 radical (unpaired) electrons. The first-order chi connectivity index (χ1) is 30.6. The molecule has 2 aromatic carbocycles. The number of hydrogen-bond donors (Lipinski definition) is 5. The van der Waals surface area contributed by atoms with E-state index in [1.165, 1.54) is 13.2 Å². The van der Waals surface area contributed by atoms with Crippen LogP contribution in [0.5, 0.6) is 0 Å². The highest BCUT2D eigenvalue weighted by Crippen LogP contribution is 2.40. The topological polar surface area (TPSA) is 223 Å². The number of fused-ring (bicyclic) bond motifs is 1. The fraction of sp³-hybridized carbons (Fsp3) is 0.386. The van der Waals surface area contributed by atoms with Crippen LogP contribution in [0.3, 0.4) is 0 Å². The number of ketones is 1. The number of aromatic nitrogens is 4. The van der Waals surface area contributed by atoms with Crippen molar-refractivity contribution in [3.8, 4) is 11.1 Å². The zero-order valence-corrected chi connectivity index (χ0v) is 36.1. The van der Waals surface area contributed by atoms with Crippen molar-refractivity contribution < 1.29 is 41.5 Å². The Labute approximate surface area is 367 Å². The molecule has 1 aliphatic carbocycles. The van der Waals surface area contributed by atoms with Gasteiger partial charge in [-0.2, -0.15) is 12.7 Å². The molecule has 0 spiro atoms. The number of carbonyl (C=O) groups is 4. The second-order valence-corrected chi connectivity index (χ2v) is 18.3. The Bertz CT molecular complexity index is 2700. The summed E-state index contributed by atoms with van der Waals surface area (Å²) in [6.45, 7) is 3.49. The van der Waals surface area contributed by atoms with Gasteiger partial charge < -0.3 is 25.2 Å². The van der Waals surface area contributed by atoms with Crippen LogP contribution in [-0.2, 0) is 24.6 Å². The maximum Gasteiger partial charge on any atom is 0.301 e. The molecule has 5 N–H and O–H groups in total. The van der Waals surface area contributed by atoms with Gasteiger partial charge in [0.1, 0.15) is 17.5 Å². The number of aliphatic hydroxyl groups is 1. The number of imide groups is 1. The SMILES string of the molecule is CCN(C)S(=O)(=O)Nc1ccc(F)c(C(=O)c2c[nH]c3ncc(-c4cnc(N5CCN(C(=O)C[C@]6(O)CC[C@@H](c7ccc(NC8CCC(=O)NC8=O)cc7)CC6)CC5)nc4)cc23)c1F. The number of benzene rings is 2. The smallest absolute Gasteiger partial charge is 0.301 e. The van der Waals surface area contributed by atoms with Crippen molar-refractivity contribution >= 4 is 62.1 Å². The van der Waals surface area contributed by atoms with Crippen LogP contribution in [0.15, 0.2) is 67.3 Å². The standard InChI is InChI=1S/C44H48F2N10O7S/c1-3-54(2)64(62,63)53-34-9-8-33(45)38(39(34)46)40(59)32-25-48-41-31(32)20-28(22-47-41)29-23-49-43(50-24-29)56-18-16-55(17-19-56)37(58)21-44(61)14-12-27(13-15-44)26-4-6-30(7-5-26)51-35-10-11-36(57)52-42(35)60/h4-9,20,22-25,27,35,51,53,61H,3,10-19,21H2,1-2H3,(H,47,48)(H,52,57,60)/t27-,35?,44+. The van der Waals surface area contributed by atoms with Gasteiger partial charge in [0.15, 0.2) is 5.82 Å². The molecule has 3 fully saturated rings. The van der Waals surface area contributed by atoms with Crippen LogP contribution in [0, 0.1) is 11.6 Å². The minimum absolute atomic E-state index is 0.0429. The van der Waals surface area contributed by atoms with Gasteiger partial charge in [-0.15, -0.1) is 0 Å². The van der Waals surface area contributed by atoms with Crippen LogP contribution in [0.2, 0.25) is 0 Å². The fourth-order valence-corrected chi connectivity index (χ4v) is 9.37. The van der Waals surface area contributed by atoms with Gasteiger partial charge in [-0.05, 0) is 73.9 Å². The van der Waals surface area contributed by atoms with E-state index in [1.807, 2.05) is 29.2 Å². The minimum Gasteiger partial charge on any atom is -0.389 e. The summed E-state index contributed by atoms with van der Waals surface area (Å²) >= 11 is 0. The highest BCUT2D eigenvalue weighted by molar-refractivity contribution is 7.90. The van der Waals surface area contributed by atoms with Gasteiger partial charge in [-0.25, -0.2) is 23.7 Å². The molecule has 3 aliphatic rings. The van der Waals surface area contributed by atoms with Crippen LogP contribution < -0.4 is 20.3 Å². The highest BCUT2D eigenvalue weighted by atomic mass is 32.2. The van der Waals surface area contributed by atoms with E-state index in [2.05, 4.69) is 35.3 Å². The summed E-state index contributed by atoms with van der Waals surface area (Å²) in [5.74, 6) is -3.53. The van der Waals surface area contributed by atoms with E-state index in [1.54, 1.807) is 36.5 Å². The maximum absolute atomic E-state index is 15.6. The van der Waals surface area contributed by atoms with Gasteiger partial charge in [0, 0.05) is 98.7 Å². The molecule has 20 heteroatoms. The van der Waals surface area contributed by atoms with Crippen molar-refractivity contribution in [3.63, 3.8) is 0 Å². The molecule has 1 atom stereocenters. The lowest BCUT2D eigenvalue weighted by molar-refractivity contribution is -0.138. The lowest BCUT2D eigenvalue weighted by Gasteiger charge is -2.39. The molecule has 8 rings (SSSR count). The quantitative estimate of drug-likeness (QED) is 0.0816. The number of nitrogens with one attached hydrogen (secondary N) is 4. The van der Waals surface area contributed by atoms with Gasteiger partial charge in [-0.1, -0.05) is 19.1 Å². The Balaban J connectivity index is 0.846. The van der Waals surface area contributed by atoms with Gasteiger partial charge in [0.05, 0.1) is 23.3 Å². The molecule has 17 nitrogen and oxygen atoms in total. The third kappa shape index (κ3) is 9.29. The number of amides is 3. The predicted octanol–water partition coefficient (Wildman–Crippen LogP) is 4.48. The van der Waals surface area contributed by atoms with Crippen molar-refractivity contribution in [2.24, 2.45) is 0 Å². The van der Waals surface area contributed by atoms with Crippen molar-refractivity contribution in [1.82, 2.24) is 34.5 Å². The van der Waals surface area contributed by atoms with E-state index >= 15 is 8.78 Å². The van der Waals surface area contributed by atoms with E-state index < -0.39 is 50.5 Å². The third-order valence-electron chi connectivity index (χ3n) is 12.4. The lowest BCUT2D eigenvalue weighted by atomic mass is 9.74. The summed E-state index contributed by atoms with van der Waals surface area (Å²) in [7, 11) is -2.87. The molecule has 1 unspecified atom stereocenters. The van der Waals surface area contributed by atoms with Gasteiger partial charge >= 0.3 is 10.2 Å². The summed E-state index contributed by atoms with van der Waals surface area (Å²) in [5.41, 5.74) is 0.617. The van der Waals surface area contributed by atoms with E-state index in [-0.39, 0.29) is 53.2 Å². The number of piperazine rings is 1. The van der Waals surface area contributed by atoms with E-state index in [0.29, 0.717) is 68.9 Å². The van der Waals surface area contributed by atoms with Gasteiger partial charge in [0.2, 0.25) is 29.5 Å². The first-order valence-electron chi connectivity index (χ1n) is 21.1. The number of rotatable bonds is 13. The lowest BCUT2D eigenvalue weighted by Crippen LogP contribution is -2.51. The number of halogens is 2. The van der Waals surface area contributed by atoms with E-state index in [4.69, 9.17) is 0 Å². The Morgan fingerprint density at radius 1 is 0.953 bits per heavy atom. The number of hydrogen-bond acceptors (Lipinski definition) is 12. The van der Waals surface area contributed by atoms with E-state index in [9.17, 15) is 32.7 Å². The van der Waals surface area contributed by atoms with Crippen molar-refractivity contribution in [3.05, 3.63) is 95.6 Å². The maximum atomic E-state index is 15.6. The van der Waals surface area contributed by atoms with Crippen LogP contribution in [-0.4, -0.2) is 118 Å². The molecule has 5 aromatic rings. The number of H-pyrrole nitrogens is 1. The number of carbonyl (C=O) groups excluding carboxylic acids is 4.